The molecule has 6 rings (SSSR count). The summed E-state index contributed by atoms with van der Waals surface area (Å²) in [5.41, 5.74) is 3.99. The molecular weight excluding hydrogens is 544 g/mol. The Bertz CT molecular complexity index is 1680. The number of anilines is 2. The first kappa shape index (κ1) is 25.9. The highest BCUT2D eigenvalue weighted by Crippen LogP contribution is 2.37. The molecule has 2 aromatic carbocycles. The van der Waals surface area contributed by atoms with Gasteiger partial charge in [-0.25, -0.2) is 4.98 Å². The van der Waals surface area contributed by atoms with Crippen LogP contribution in [0.4, 0.5) is 11.4 Å². The monoisotopic (exact) mass is 570 g/mol. The molecule has 3 aromatic heterocycles. The number of nitrogens with one attached hydrogen (secondary N) is 1. The summed E-state index contributed by atoms with van der Waals surface area (Å²) in [6, 6.07) is 18.8. The summed E-state index contributed by atoms with van der Waals surface area (Å²) < 4.78 is 1.95. The number of piperidine rings is 1. The second-order valence-corrected chi connectivity index (χ2v) is 12.3. The van der Waals surface area contributed by atoms with Crippen LogP contribution in [0.25, 0.3) is 21.3 Å². The summed E-state index contributed by atoms with van der Waals surface area (Å²) >= 11 is 9.99. The normalized spacial score (nSPS) is 14.0. The second kappa shape index (κ2) is 11.4. The van der Waals surface area contributed by atoms with E-state index in [0.717, 1.165) is 44.4 Å². The van der Waals surface area contributed by atoms with Gasteiger partial charge in [-0.05, 0) is 67.9 Å². The van der Waals surface area contributed by atoms with Crippen molar-refractivity contribution in [2.45, 2.75) is 35.9 Å². The Morgan fingerprint density at radius 1 is 1.08 bits per heavy atom. The number of rotatable bonds is 7. The molecular formula is C30H27ClN6S2. The predicted octanol–water partition coefficient (Wildman–Crippen LogP) is 8.10. The quantitative estimate of drug-likeness (QED) is 0.213. The van der Waals surface area contributed by atoms with Crippen LogP contribution in [0.2, 0.25) is 5.02 Å². The summed E-state index contributed by atoms with van der Waals surface area (Å²) in [5.74, 6) is 0. The van der Waals surface area contributed by atoms with E-state index in [-0.39, 0.29) is 0 Å². The highest BCUT2D eigenvalue weighted by Gasteiger charge is 2.15. The Hall–Kier alpha value is -3.35. The van der Waals surface area contributed by atoms with Crippen LogP contribution in [0.5, 0.6) is 0 Å². The van der Waals surface area contributed by atoms with Crippen molar-refractivity contribution in [1.82, 2.24) is 19.4 Å². The van der Waals surface area contributed by atoms with Crippen LogP contribution in [0.3, 0.4) is 0 Å². The van der Waals surface area contributed by atoms with Crippen LogP contribution >= 0.6 is 34.7 Å². The number of hydrogen-bond donors (Lipinski definition) is 1. The Balaban J connectivity index is 1.25. The molecule has 1 saturated heterocycles. The number of benzene rings is 2. The molecule has 0 amide bonds. The number of hydrogen-bond acceptors (Lipinski definition) is 7. The molecule has 0 aliphatic carbocycles. The average Bonchev–Trinajstić information content (AvgIpc) is 3.59. The van der Waals surface area contributed by atoms with Gasteiger partial charge in [-0.15, -0.1) is 11.3 Å². The summed E-state index contributed by atoms with van der Waals surface area (Å²) in [6.45, 7) is 3.42. The molecule has 5 aromatic rings. The van der Waals surface area contributed by atoms with E-state index in [0.29, 0.717) is 10.6 Å². The molecule has 1 fully saturated rings. The van der Waals surface area contributed by atoms with Crippen LogP contribution in [0, 0.1) is 11.3 Å². The zero-order chi connectivity index (χ0) is 26.8. The maximum absolute atomic E-state index is 9.82. The predicted molar refractivity (Wildman–Crippen MR) is 161 cm³/mol. The lowest BCUT2D eigenvalue weighted by Crippen LogP contribution is -2.28. The van der Waals surface area contributed by atoms with Crippen LogP contribution < -0.4 is 5.32 Å². The number of aromatic nitrogens is 3. The fraction of sp³-hybridized carbons (Fsp3) is 0.233. The smallest absolute Gasteiger partial charge is 0.172 e. The molecule has 0 unspecified atom stereocenters. The third kappa shape index (κ3) is 5.68. The number of likely N-dealkylation sites (tertiary alicyclic amines) is 1. The van der Waals surface area contributed by atoms with Crippen molar-refractivity contribution in [3.05, 3.63) is 82.6 Å². The van der Waals surface area contributed by atoms with Crippen molar-refractivity contribution in [3.63, 3.8) is 0 Å². The number of fused-ring (bicyclic) bond motifs is 1. The zero-order valence-corrected chi connectivity index (χ0v) is 23.9. The van der Waals surface area contributed by atoms with Gasteiger partial charge >= 0.3 is 0 Å². The molecule has 6 nitrogen and oxygen atoms in total. The molecule has 0 spiro atoms. The summed E-state index contributed by atoms with van der Waals surface area (Å²) in [6.07, 6.45) is 9.26. The Morgan fingerprint density at radius 2 is 1.95 bits per heavy atom. The van der Waals surface area contributed by atoms with Gasteiger partial charge in [0.15, 0.2) is 5.16 Å². The van der Waals surface area contributed by atoms with Crippen LogP contribution in [0.15, 0.2) is 77.2 Å². The Kier molecular flexibility index (Phi) is 7.58. The van der Waals surface area contributed by atoms with Gasteiger partial charge < -0.3 is 9.88 Å². The lowest BCUT2D eigenvalue weighted by atomic mass is 10.1. The van der Waals surface area contributed by atoms with Gasteiger partial charge in [0, 0.05) is 57.9 Å². The van der Waals surface area contributed by atoms with Crippen LogP contribution in [0.1, 0.15) is 29.7 Å². The molecule has 39 heavy (non-hydrogen) atoms. The zero-order valence-electron chi connectivity index (χ0n) is 21.5. The molecule has 196 valence electrons. The number of pyridine rings is 1. The minimum atomic E-state index is 0.484. The molecule has 1 aliphatic rings. The van der Waals surface area contributed by atoms with Gasteiger partial charge in [-0.1, -0.05) is 41.9 Å². The van der Waals surface area contributed by atoms with Crippen molar-refractivity contribution in [3.8, 4) is 16.5 Å². The molecule has 9 heteroatoms. The van der Waals surface area contributed by atoms with E-state index >= 15 is 0 Å². The maximum Gasteiger partial charge on any atom is 0.172 e. The lowest BCUT2D eigenvalue weighted by molar-refractivity contribution is 0.222. The number of aryl methyl sites for hydroxylation is 1. The summed E-state index contributed by atoms with van der Waals surface area (Å²) in [4.78, 5) is 15.1. The van der Waals surface area contributed by atoms with E-state index < -0.39 is 0 Å². The van der Waals surface area contributed by atoms with E-state index in [1.165, 1.54) is 53.9 Å². The van der Waals surface area contributed by atoms with Gasteiger partial charge in [0.05, 0.1) is 21.8 Å². The van der Waals surface area contributed by atoms with E-state index in [1.54, 1.807) is 12.4 Å². The molecule has 4 heterocycles. The van der Waals surface area contributed by atoms with Gasteiger partial charge in [0.25, 0.3) is 0 Å². The third-order valence-electron chi connectivity index (χ3n) is 6.94. The fourth-order valence-electron chi connectivity index (χ4n) is 4.88. The van der Waals surface area contributed by atoms with Crippen molar-refractivity contribution >= 4 is 57.0 Å². The summed E-state index contributed by atoms with van der Waals surface area (Å²) in [7, 11) is 1.95. The SMILES string of the molecule is Cn1ccnc1Sc1ccc(Nc2c(C#N)cnc3cc(-c4ccc(CN5CCCCC5)s4)ccc23)cc1Cl. The van der Waals surface area contributed by atoms with Crippen molar-refractivity contribution in [2.24, 2.45) is 7.05 Å². The number of nitrogens with zero attached hydrogens (tertiary/aromatic N) is 5. The Labute approximate surface area is 241 Å². The number of imidazole rings is 1. The van der Waals surface area contributed by atoms with Crippen LogP contribution in [-0.2, 0) is 13.6 Å². The van der Waals surface area contributed by atoms with E-state index in [2.05, 4.69) is 56.6 Å². The highest BCUT2D eigenvalue weighted by atomic mass is 35.5. The topological polar surface area (TPSA) is 69.8 Å². The molecule has 0 bridgehead atoms. The molecule has 0 radical (unpaired) electrons. The highest BCUT2D eigenvalue weighted by molar-refractivity contribution is 7.99. The van der Waals surface area contributed by atoms with E-state index in [4.69, 9.17) is 11.6 Å². The van der Waals surface area contributed by atoms with E-state index in [1.807, 2.05) is 47.3 Å². The third-order valence-corrected chi connectivity index (χ3v) is 9.64. The van der Waals surface area contributed by atoms with Gasteiger partial charge in [-0.2, -0.15) is 5.26 Å². The van der Waals surface area contributed by atoms with E-state index in [9.17, 15) is 5.26 Å². The Morgan fingerprint density at radius 3 is 2.72 bits per heavy atom. The van der Waals surface area contributed by atoms with Crippen molar-refractivity contribution < 1.29 is 0 Å². The minimum absolute atomic E-state index is 0.484. The average molecular weight is 571 g/mol. The fourth-order valence-corrected chi connectivity index (χ4v) is 7.03. The largest absolute Gasteiger partial charge is 0.354 e. The number of thiophene rings is 1. The first-order valence-corrected chi connectivity index (χ1v) is 14.9. The summed E-state index contributed by atoms with van der Waals surface area (Å²) in [5, 5.41) is 15.6. The van der Waals surface area contributed by atoms with Gasteiger partial charge in [0.1, 0.15) is 6.07 Å². The molecule has 1 N–H and O–H groups in total. The second-order valence-electron chi connectivity index (χ2n) is 9.69. The van der Waals surface area contributed by atoms with Gasteiger partial charge in [0.2, 0.25) is 0 Å². The van der Waals surface area contributed by atoms with Crippen molar-refractivity contribution in [2.75, 3.05) is 18.4 Å². The number of nitriles is 1. The molecule has 1 aliphatic heterocycles. The standard InChI is InChI=1S/C30H27ClN6S2/c1-36-14-11-33-30(36)39-28-9-6-22(16-25(28)31)35-29-21(17-32)18-34-26-15-20(5-8-24(26)29)27-10-7-23(38-27)19-37-12-3-2-4-13-37/h5-11,14-16,18H,2-4,12-13,19H2,1H3,(H,34,35). The van der Waals surface area contributed by atoms with Crippen molar-refractivity contribution in [1.29, 1.82) is 5.26 Å². The molecule has 0 saturated carbocycles. The van der Waals surface area contributed by atoms with Crippen LogP contribution in [-0.4, -0.2) is 32.5 Å². The first-order chi connectivity index (χ1) is 19.1. The molecule has 0 atom stereocenters. The minimum Gasteiger partial charge on any atom is -0.354 e. The van der Waals surface area contributed by atoms with Gasteiger partial charge in [-0.3, -0.25) is 9.88 Å². The lowest BCUT2D eigenvalue weighted by Gasteiger charge is -2.25. The first-order valence-electron chi connectivity index (χ1n) is 12.9. The number of halogens is 1. The maximum atomic E-state index is 9.82.